The molecule has 3 aromatic carbocycles. The van der Waals surface area contributed by atoms with E-state index in [2.05, 4.69) is 55.1 Å². The molecule has 0 radical (unpaired) electrons. The molecule has 3 rings (SSSR count). The van der Waals surface area contributed by atoms with E-state index in [0.29, 0.717) is 19.2 Å². The van der Waals surface area contributed by atoms with Crippen molar-refractivity contribution < 1.29 is 9.84 Å². The molecule has 0 amide bonds. The largest absolute Gasteiger partial charge is 0.492 e. The number of para-hydroxylation sites is 1. The standard InChI is InChI=1S/C26H31NO2/c1-21(2)27(20-25(28)23-13-7-4-8-14-23)17-18-29-26-16-10-9-15-24(26)19-22-11-5-3-6-12-22/h3-16,21,25,28H,17-20H2,1-2H3. The summed E-state index contributed by atoms with van der Waals surface area (Å²) in [5.74, 6) is 0.934. The number of hydrogen-bond acceptors (Lipinski definition) is 3. The molecule has 1 atom stereocenters. The molecule has 0 saturated heterocycles. The van der Waals surface area contributed by atoms with Crippen molar-refractivity contribution >= 4 is 0 Å². The predicted octanol–water partition coefficient (Wildman–Crippen LogP) is 5.10. The third-order valence-corrected chi connectivity index (χ3v) is 5.17. The van der Waals surface area contributed by atoms with Crippen LogP contribution in [0.4, 0.5) is 0 Å². The highest BCUT2D eigenvalue weighted by molar-refractivity contribution is 5.37. The molecule has 3 aromatic rings. The lowest BCUT2D eigenvalue weighted by Gasteiger charge is -2.29. The highest BCUT2D eigenvalue weighted by Gasteiger charge is 2.16. The molecule has 0 aromatic heterocycles. The lowest BCUT2D eigenvalue weighted by Crippen LogP contribution is -2.37. The third-order valence-electron chi connectivity index (χ3n) is 5.17. The smallest absolute Gasteiger partial charge is 0.122 e. The summed E-state index contributed by atoms with van der Waals surface area (Å²) in [6, 6.07) is 28.9. The van der Waals surface area contributed by atoms with Gasteiger partial charge in [-0.15, -0.1) is 0 Å². The Morgan fingerprint density at radius 3 is 2.14 bits per heavy atom. The Labute approximate surface area is 174 Å². The van der Waals surface area contributed by atoms with Crippen LogP contribution >= 0.6 is 0 Å². The summed E-state index contributed by atoms with van der Waals surface area (Å²) in [4.78, 5) is 2.26. The van der Waals surface area contributed by atoms with Gasteiger partial charge in [0.15, 0.2) is 0 Å². The molecule has 1 N–H and O–H groups in total. The second-order valence-electron chi connectivity index (χ2n) is 7.63. The van der Waals surface area contributed by atoms with E-state index in [-0.39, 0.29) is 0 Å². The van der Waals surface area contributed by atoms with Crippen molar-refractivity contribution in [1.29, 1.82) is 0 Å². The van der Waals surface area contributed by atoms with Crippen LogP contribution < -0.4 is 4.74 Å². The fourth-order valence-electron chi connectivity index (χ4n) is 3.44. The second kappa shape index (κ2) is 10.8. The van der Waals surface area contributed by atoms with Crippen molar-refractivity contribution in [2.24, 2.45) is 0 Å². The highest BCUT2D eigenvalue weighted by atomic mass is 16.5. The van der Waals surface area contributed by atoms with Crippen LogP contribution in [0.3, 0.4) is 0 Å². The molecule has 0 aliphatic rings. The van der Waals surface area contributed by atoms with Gasteiger partial charge in [-0.05, 0) is 36.6 Å². The normalized spacial score (nSPS) is 12.3. The van der Waals surface area contributed by atoms with Gasteiger partial charge in [-0.3, -0.25) is 4.90 Å². The Hall–Kier alpha value is -2.62. The average molecular weight is 390 g/mol. The Morgan fingerprint density at radius 2 is 1.45 bits per heavy atom. The third kappa shape index (κ3) is 6.45. The molecule has 0 heterocycles. The van der Waals surface area contributed by atoms with Crippen molar-refractivity contribution in [2.75, 3.05) is 19.7 Å². The molecule has 3 heteroatoms. The van der Waals surface area contributed by atoms with E-state index in [4.69, 9.17) is 4.74 Å². The first-order valence-electron chi connectivity index (χ1n) is 10.3. The Morgan fingerprint density at radius 1 is 0.828 bits per heavy atom. The summed E-state index contributed by atoms with van der Waals surface area (Å²) in [7, 11) is 0. The van der Waals surface area contributed by atoms with E-state index in [9.17, 15) is 5.11 Å². The molecular weight excluding hydrogens is 358 g/mol. The van der Waals surface area contributed by atoms with E-state index in [0.717, 1.165) is 24.3 Å². The number of ether oxygens (including phenoxy) is 1. The number of benzene rings is 3. The van der Waals surface area contributed by atoms with Gasteiger partial charge in [0.25, 0.3) is 0 Å². The van der Waals surface area contributed by atoms with Gasteiger partial charge >= 0.3 is 0 Å². The van der Waals surface area contributed by atoms with Crippen molar-refractivity contribution in [3.63, 3.8) is 0 Å². The summed E-state index contributed by atoms with van der Waals surface area (Å²) in [6.45, 7) is 6.26. The van der Waals surface area contributed by atoms with Gasteiger partial charge in [-0.1, -0.05) is 78.9 Å². The molecule has 0 aliphatic heterocycles. The van der Waals surface area contributed by atoms with Crippen molar-refractivity contribution in [3.05, 3.63) is 102 Å². The Kier molecular flexibility index (Phi) is 7.85. The monoisotopic (exact) mass is 389 g/mol. The predicted molar refractivity (Wildman–Crippen MR) is 119 cm³/mol. The molecule has 152 valence electrons. The number of aliphatic hydroxyl groups is 1. The summed E-state index contributed by atoms with van der Waals surface area (Å²) >= 11 is 0. The molecule has 29 heavy (non-hydrogen) atoms. The highest BCUT2D eigenvalue weighted by Crippen LogP contribution is 2.22. The van der Waals surface area contributed by atoms with E-state index >= 15 is 0 Å². The zero-order valence-corrected chi connectivity index (χ0v) is 17.4. The minimum atomic E-state index is -0.496. The quantitative estimate of drug-likeness (QED) is 0.524. The minimum absolute atomic E-state index is 0.330. The summed E-state index contributed by atoms with van der Waals surface area (Å²) in [5.41, 5.74) is 3.42. The van der Waals surface area contributed by atoms with Crippen LogP contribution in [0.25, 0.3) is 0 Å². The fourth-order valence-corrected chi connectivity index (χ4v) is 3.44. The lowest BCUT2D eigenvalue weighted by atomic mass is 10.0. The van der Waals surface area contributed by atoms with Gasteiger partial charge < -0.3 is 9.84 Å². The van der Waals surface area contributed by atoms with Crippen molar-refractivity contribution in [2.45, 2.75) is 32.4 Å². The summed E-state index contributed by atoms with van der Waals surface area (Å²) < 4.78 is 6.15. The maximum absolute atomic E-state index is 10.6. The van der Waals surface area contributed by atoms with Crippen LogP contribution in [0.2, 0.25) is 0 Å². The number of hydrogen-bond donors (Lipinski definition) is 1. The molecular formula is C26H31NO2. The molecule has 3 nitrogen and oxygen atoms in total. The average Bonchev–Trinajstić information content (AvgIpc) is 2.75. The Balaban J connectivity index is 1.57. The van der Waals surface area contributed by atoms with Crippen LogP contribution in [0.15, 0.2) is 84.9 Å². The molecule has 0 aliphatic carbocycles. The lowest BCUT2D eigenvalue weighted by molar-refractivity contribution is 0.0848. The first kappa shape index (κ1) is 21.1. The van der Waals surface area contributed by atoms with E-state index in [1.54, 1.807) is 0 Å². The van der Waals surface area contributed by atoms with Crippen LogP contribution in [0.1, 0.15) is 36.6 Å². The number of aliphatic hydroxyl groups excluding tert-OH is 1. The fraction of sp³-hybridized carbons (Fsp3) is 0.308. The first-order valence-corrected chi connectivity index (χ1v) is 10.3. The summed E-state index contributed by atoms with van der Waals surface area (Å²) in [5, 5.41) is 10.6. The number of rotatable bonds is 10. The SMILES string of the molecule is CC(C)N(CCOc1ccccc1Cc1ccccc1)CC(O)c1ccccc1. The first-order chi connectivity index (χ1) is 14.1. The van der Waals surface area contributed by atoms with Crippen molar-refractivity contribution in [3.8, 4) is 5.75 Å². The zero-order chi connectivity index (χ0) is 20.5. The van der Waals surface area contributed by atoms with Crippen LogP contribution in [0.5, 0.6) is 5.75 Å². The molecule has 0 bridgehead atoms. The maximum atomic E-state index is 10.6. The zero-order valence-electron chi connectivity index (χ0n) is 17.4. The van der Waals surface area contributed by atoms with Gasteiger partial charge in [0, 0.05) is 25.6 Å². The second-order valence-corrected chi connectivity index (χ2v) is 7.63. The number of nitrogens with zero attached hydrogens (tertiary/aromatic N) is 1. The van der Waals surface area contributed by atoms with Gasteiger partial charge in [0.1, 0.15) is 12.4 Å². The van der Waals surface area contributed by atoms with Crippen molar-refractivity contribution in [1.82, 2.24) is 4.90 Å². The van der Waals surface area contributed by atoms with Crippen LogP contribution in [-0.2, 0) is 6.42 Å². The molecule has 0 spiro atoms. The van der Waals surface area contributed by atoms with E-state index < -0.39 is 6.10 Å². The van der Waals surface area contributed by atoms with Gasteiger partial charge in [-0.25, -0.2) is 0 Å². The Bertz CT molecular complexity index is 849. The molecule has 0 fully saturated rings. The van der Waals surface area contributed by atoms with E-state index in [1.807, 2.05) is 48.5 Å². The molecule has 1 unspecified atom stereocenters. The minimum Gasteiger partial charge on any atom is -0.492 e. The topological polar surface area (TPSA) is 32.7 Å². The summed E-state index contributed by atoms with van der Waals surface area (Å²) in [6.07, 6.45) is 0.362. The van der Waals surface area contributed by atoms with Gasteiger partial charge in [0.05, 0.1) is 6.10 Å². The van der Waals surface area contributed by atoms with Crippen LogP contribution in [0, 0.1) is 0 Å². The van der Waals surface area contributed by atoms with E-state index in [1.165, 1.54) is 11.1 Å². The van der Waals surface area contributed by atoms with Crippen LogP contribution in [-0.4, -0.2) is 35.7 Å². The maximum Gasteiger partial charge on any atom is 0.122 e. The molecule has 0 saturated carbocycles. The van der Waals surface area contributed by atoms with Gasteiger partial charge in [-0.2, -0.15) is 0 Å². The van der Waals surface area contributed by atoms with Gasteiger partial charge in [0.2, 0.25) is 0 Å².